The molecule has 2 heteroatoms. The molecule has 0 aliphatic heterocycles. The summed E-state index contributed by atoms with van der Waals surface area (Å²) in [4.78, 5) is 13.3. The Morgan fingerprint density at radius 3 is 2.47 bits per heavy atom. The Bertz CT molecular complexity index is 346. The number of rotatable bonds is 5. The fourth-order valence-corrected chi connectivity index (χ4v) is 2.41. The van der Waals surface area contributed by atoms with Gasteiger partial charge in [-0.2, -0.15) is 0 Å². The molecule has 0 aromatic carbocycles. The van der Waals surface area contributed by atoms with Gasteiger partial charge in [0.1, 0.15) is 0 Å². The van der Waals surface area contributed by atoms with Gasteiger partial charge >= 0.3 is 0 Å². The molecule has 1 aliphatic rings. The molecule has 0 heterocycles. The highest BCUT2D eigenvalue weighted by Crippen LogP contribution is 2.61. The summed E-state index contributed by atoms with van der Waals surface area (Å²) >= 11 is 0. The number of nitrogens with zero attached hydrogens (tertiary/aromatic N) is 1. The Kier molecular flexibility index (Phi) is 4.25. The lowest BCUT2D eigenvalue weighted by molar-refractivity contribution is -0.124. The van der Waals surface area contributed by atoms with Crippen molar-refractivity contribution in [3.05, 3.63) is 0 Å². The predicted octanol–water partition coefficient (Wildman–Crippen LogP) is 3.07. The first-order chi connectivity index (χ1) is 7.88. The molecular formula is C15H25NO. The fraction of sp³-hybridized carbons (Fsp3) is 0.800. The minimum atomic E-state index is -0.0631. The Balaban J connectivity index is 2.53. The van der Waals surface area contributed by atoms with Crippen molar-refractivity contribution in [2.45, 2.75) is 53.4 Å². The molecule has 0 radical (unpaired) electrons. The first kappa shape index (κ1) is 14.1. The van der Waals surface area contributed by atoms with Crippen molar-refractivity contribution in [1.29, 1.82) is 0 Å². The fourth-order valence-electron chi connectivity index (χ4n) is 2.41. The lowest BCUT2D eigenvalue weighted by Gasteiger charge is -2.36. The highest BCUT2D eigenvalue weighted by molar-refractivity contribution is 5.93. The van der Waals surface area contributed by atoms with Crippen LogP contribution in [0.15, 0.2) is 0 Å². The zero-order chi connectivity index (χ0) is 13.1. The van der Waals surface area contributed by atoms with E-state index in [-0.39, 0.29) is 5.91 Å². The van der Waals surface area contributed by atoms with E-state index in [0.717, 1.165) is 13.0 Å². The second-order valence-electron chi connectivity index (χ2n) is 5.83. The standard InChI is InChI=1S/C15H25NO/c1-6-8-13(17)16(5)12-11-14(3,7-2)15(4)9-10-15/h7,9-12H2,1-5H3. The van der Waals surface area contributed by atoms with Crippen molar-refractivity contribution in [3.63, 3.8) is 0 Å². The van der Waals surface area contributed by atoms with Gasteiger partial charge in [0.15, 0.2) is 0 Å². The molecule has 1 atom stereocenters. The van der Waals surface area contributed by atoms with Crippen LogP contribution in [-0.2, 0) is 4.79 Å². The van der Waals surface area contributed by atoms with Crippen LogP contribution in [0.25, 0.3) is 0 Å². The zero-order valence-corrected chi connectivity index (χ0v) is 11.9. The molecule has 0 spiro atoms. The Labute approximate surface area is 106 Å². The third kappa shape index (κ3) is 3.03. The number of hydrogen-bond acceptors (Lipinski definition) is 1. The summed E-state index contributed by atoms with van der Waals surface area (Å²) in [6.45, 7) is 9.52. The summed E-state index contributed by atoms with van der Waals surface area (Å²) in [6.07, 6.45) is 4.94. The largest absolute Gasteiger partial charge is 0.335 e. The molecule has 1 saturated carbocycles. The summed E-state index contributed by atoms with van der Waals surface area (Å²) in [5.41, 5.74) is 0.864. The molecule has 0 saturated heterocycles. The highest BCUT2D eigenvalue weighted by atomic mass is 16.2. The minimum Gasteiger partial charge on any atom is -0.335 e. The lowest BCUT2D eigenvalue weighted by atomic mass is 9.70. The van der Waals surface area contributed by atoms with Crippen LogP contribution in [0.5, 0.6) is 0 Å². The normalized spacial score (nSPS) is 19.8. The molecule has 1 fully saturated rings. The van der Waals surface area contributed by atoms with Crippen LogP contribution in [0.3, 0.4) is 0 Å². The van der Waals surface area contributed by atoms with E-state index >= 15 is 0 Å². The second-order valence-corrected chi connectivity index (χ2v) is 5.83. The highest BCUT2D eigenvalue weighted by Gasteiger charge is 2.51. The van der Waals surface area contributed by atoms with Crippen LogP contribution >= 0.6 is 0 Å². The summed E-state index contributed by atoms with van der Waals surface area (Å²) in [5, 5.41) is 0. The number of hydrogen-bond donors (Lipinski definition) is 0. The van der Waals surface area contributed by atoms with Crippen LogP contribution in [0.1, 0.15) is 53.4 Å². The average molecular weight is 235 g/mol. The van der Waals surface area contributed by atoms with Gasteiger partial charge in [-0.3, -0.25) is 4.79 Å². The van der Waals surface area contributed by atoms with Crippen molar-refractivity contribution in [2.75, 3.05) is 13.6 Å². The summed E-state index contributed by atoms with van der Waals surface area (Å²) in [7, 11) is 1.85. The number of carbonyl (C=O) groups excluding carboxylic acids is 1. The SMILES string of the molecule is CC#CC(=O)N(C)CCC(C)(CC)C1(C)CC1. The van der Waals surface area contributed by atoms with E-state index < -0.39 is 0 Å². The van der Waals surface area contributed by atoms with Gasteiger partial charge in [0.2, 0.25) is 0 Å². The molecule has 0 aromatic rings. The van der Waals surface area contributed by atoms with Crippen molar-refractivity contribution >= 4 is 5.91 Å². The number of carbonyl (C=O) groups is 1. The Morgan fingerprint density at radius 1 is 1.47 bits per heavy atom. The van der Waals surface area contributed by atoms with E-state index in [4.69, 9.17) is 0 Å². The predicted molar refractivity (Wildman–Crippen MR) is 71.4 cm³/mol. The minimum absolute atomic E-state index is 0.0631. The van der Waals surface area contributed by atoms with Gasteiger partial charge in [-0.25, -0.2) is 0 Å². The van der Waals surface area contributed by atoms with Crippen LogP contribution in [0, 0.1) is 22.7 Å². The molecule has 0 N–H and O–H groups in total. The van der Waals surface area contributed by atoms with Gasteiger partial charge in [-0.15, -0.1) is 0 Å². The van der Waals surface area contributed by atoms with Gasteiger partial charge in [0.05, 0.1) is 0 Å². The van der Waals surface area contributed by atoms with E-state index in [9.17, 15) is 4.79 Å². The molecule has 96 valence electrons. The first-order valence-electron chi connectivity index (χ1n) is 6.56. The Hall–Kier alpha value is -0.970. The van der Waals surface area contributed by atoms with Gasteiger partial charge < -0.3 is 4.90 Å². The van der Waals surface area contributed by atoms with Gasteiger partial charge in [-0.05, 0) is 42.9 Å². The lowest BCUT2D eigenvalue weighted by Crippen LogP contribution is -2.34. The molecule has 1 amide bonds. The first-order valence-corrected chi connectivity index (χ1v) is 6.56. The second kappa shape index (κ2) is 5.12. The van der Waals surface area contributed by atoms with Crippen molar-refractivity contribution < 1.29 is 4.79 Å². The molecule has 1 aliphatic carbocycles. The molecule has 1 unspecified atom stereocenters. The van der Waals surface area contributed by atoms with Crippen LogP contribution < -0.4 is 0 Å². The van der Waals surface area contributed by atoms with Crippen molar-refractivity contribution in [1.82, 2.24) is 4.90 Å². The van der Waals surface area contributed by atoms with E-state index in [1.807, 2.05) is 7.05 Å². The topological polar surface area (TPSA) is 20.3 Å². The van der Waals surface area contributed by atoms with Gasteiger partial charge in [0, 0.05) is 13.6 Å². The summed E-state index contributed by atoms with van der Waals surface area (Å²) in [6, 6.07) is 0. The molecule has 2 nitrogen and oxygen atoms in total. The maximum Gasteiger partial charge on any atom is 0.298 e. The Morgan fingerprint density at radius 2 is 2.06 bits per heavy atom. The third-order valence-corrected chi connectivity index (χ3v) is 4.82. The molecule has 0 aromatic heterocycles. The molecule has 17 heavy (non-hydrogen) atoms. The van der Waals surface area contributed by atoms with Crippen LogP contribution in [0.4, 0.5) is 0 Å². The quantitative estimate of drug-likeness (QED) is 0.671. The summed E-state index contributed by atoms with van der Waals surface area (Å²) < 4.78 is 0. The molecule has 1 rings (SSSR count). The van der Waals surface area contributed by atoms with E-state index in [0.29, 0.717) is 10.8 Å². The maximum atomic E-state index is 11.6. The van der Waals surface area contributed by atoms with E-state index in [1.54, 1.807) is 11.8 Å². The molecule has 0 bridgehead atoms. The van der Waals surface area contributed by atoms with E-state index in [1.165, 1.54) is 19.3 Å². The van der Waals surface area contributed by atoms with Crippen LogP contribution in [0.2, 0.25) is 0 Å². The monoisotopic (exact) mass is 235 g/mol. The number of amides is 1. The van der Waals surface area contributed by atoms with Gasteiger partial charge in [-0.1, -0.05) is 33.1 Å². The smallest absolute Gasteiger partial charge is 0.298 e. The third-order valence-electron chi connectivity index (χ3n) is 4.82. The average Bonchev–Trinajstić information content (AvgIpc) is 3.05. The van der Waals surface area contributed by atoms with Crippen LogP contribution in [-0.4, -0.2) is 24.4 Å². The van der Waals surface area contributed by atoms with Gasteiger partial charge in [0.25, 0.3) is 5.91 Å². The zero-order valence-electron chi connectivity index (χ0n) is 11.9. The van der Waals surface area contributed by atoms with Crippen molar-refractivity contribution in [2.24, 2.45) is 10.8 Å². The maximum absolute atomic E-state index is 11.6. The molecular weight excluding hydrogens is 210 g/mol. The summed E-state index contributed by atoms with van der Waals surface area (Å²) in [5.74, 6) is 5.19. The van der Waals surface area contributed by atoms with Crippen molar-refractivity contribution in [3.8, 4) is 11.8 Å². The van der Waals surface area contributed by atoms with E-state index in [2.05, 4.69) is 32.6 Å².